The number of pyridine rings is 1. The molecule has 2 nitrogen and oxygen atoms in total. The Balaban J connectivity index is 2.27. The van der Waals surface area contributed by atoms with Crippen LogP contribution in [-0.4, -0.2) is 9.97 Å². The molecule has 4 rings (SSSR count). The first-order valence-electron chi connectivity index (χ1n) is 5.89. The van der Waals surface area contributed by atoms with Crippen LogP contribution < -0.4 is 0 Å². The van der Waals surface area contributed by atoms with Crippen molar-refractivity contribution in [3.63, 3.8) is 0 Å². The summed E-state index contributed by atoms with van der Waals surface area (Å²) in [6, 6.07) is 13.6. The molecular weight excluding hydrogens is 279 g/mol. The number of nitrogens with one attached hydrogen (secondary N) is 1. The van der Waals surface area contributed by atoms with Gasteiger partial charge in [0.25, 0.3) is 0 Å². The van der Waals surface area contributed by atoms with Gasteiger partial charge in [-0.25, -0.2) is 4.98 Å². The van der Waals surface area contributed by atoms with E-state index in [1.165, 1.54) is 0 Å². The number of nitrogens with zero attached hydrogens (tertiary/aromatic N) is 1. The Kier molecular flexibility index (Phi) is 2.25. The van der Waals surface area contributed by atoms with Crippen LogP contribution in [0.2, 0.25) is 10.0 Å². The second kappa shape index (κ2) is 3.86. The highest BCUT2D eigenvalue weighted by Gasteiger charge is 2.18. The van der Waals surface area contributed by atoms with E-state index in [0.29, 0.717) is 10.0 Å². The summed E-state index contributed by atoms with van der Waals surface area (Å²) in [7, 11) is 0. The SMILES string of the molecule is Clc1ccc2c(Cl)c3c4ccccc4nc-3[nH]c2c1. The van der Waals surface area contributed by atoms with Crippen molar-refractivity contribution in [2.75, 3.05) is 0 Å². The van der Waals surface area contributed by atoms with Crippen LogP contribution in [0.15, 0.2) is 42.5 Å². The molecule has 0 spiro atoms. The van der Waals surface area contributed by atoms with Crippen molar-refractivity contribution in [3.8, 4) is 11.4 Å². The predicted molar refractivity (Wildman–Crippen MR) is 80.2 cm³/mol. The monoisotopic (exact) mass is 286 g/mol. The molecule has 2 aromatic rings. The van der Waals surface area contributed by atoms with Gasteiger partial charge >= 0.3 is 0 Å². The Morgan fingerprint density at radius 3 is 2.68 bits per heavy atom. The fraction of sp³-hybridized carbons (Fsp3) is 0. The van der Waals surface area contributed by atoms with E-state index in [2.05, 4.69) is 9.97 Å². The van der Waals surface area contributed by atoms with Gasteiger partial charge < -0.3 is 4.98 Å². The summed E-state index contributed by atoms with van der Waals surface area (Å²) in [4.78, 5) is 7.87. The van der Waals surface area contributed by atoms with E-state index in [1.807, 2.05) is 42.5 Å². The number of H-pyrrole nitrogens is 1. The summed E-state index contributed by atoms with van der Waals surface area (Å²) in [5.41, 5.74) is 2.80. The highest BCUT2D eigenvalue weighted by molar-refractivity contribution is 6.40. The van der Waals surface area contributed by atoms with Gasteiger partial charge in [-0.15, -0.1) is 0 Å². The van der Waals surface area contributed by atoms with Gasteiger partial charge in [0, 0.05) is 26.9 Å². The largest absolute Gasteiger partial charge is 0.339 e. The zero-order chi connectivity index (χ0) is 13.0. The lowest BCUT2D eigenvalue weighted by Crippen LogP contribution is -1.88. The van der Waals surface area contributed by atoms with Crippen molar-refractivity contribution in [1.82, 2.24) is 9.97 Å². The summed E-state index contributed by atoms with van der Waals surface area (Å²) < 4.78 is 0. The number of halogens is 2. The topological polar surface area (TPSA) is 28.7 Å². The minimum Gasteiger partial charge on any atom is -0.339 e. The third-order valence-electron chi connectivity index (χ3n) is 3.33. The minimum absolute atomic E-state index is 0.676. The van der Waals surface area contributed by atoms with Crippen molar-refractivity contribution in [2.24, 2.45) is 0 Å². The minimum atomic E-state index is 0.676. The maximum Gasteiger partial charge on any atom is 0.140 e. The number of hydrogen-bond acceptors (Lipinski definition) is 1. The molecule has 2 heterocycles. The number of aromatic nitrogens is 2. The molecule has 0 amide bonds. The Hall–Kier alpha value is -1.77. The lowest BCUT2D eigenvalue weighted by molar-refractivity contribution is 1.30. The van der Waals surface area contributed by atoms with Crippen molar-refractivity contribution < 1.29 is 0 Å². The van der Waals surface area contributed by atoms with Gasteiger partial charge in [0.15, 0.2) is 0 Å². The predicted octanol–water partition coefficient (Wildman–Crippen LogP) is 5.13. The summed E-state index contributed by atoms with van der Waals surface area (Å²) >= 11 is 12.6. The Bertz CT molecular complexity index is 895. The number of fused-ring (bicyclic) bond motifs is 4. The number of para-hydroxylation sites is 1. The van der Waals surface area contributed by atoms with Crippen molar-refractivity contribution in [3.05, 3.63) is 52.5 Å². The normalized spacial score (nSPS) is 11.7. The lowest BCUT2D eigenvalue weighted by Gasteiger charge is -2.07. The molecule has 0 atom stereocenters. The second-order valence-electron chi connectivity index (χ2n) is 4.48. The molecule has 1 N–H and O–H groups in total. The van der Waals surface area contributed by atoms with Gasteiger partial charge in [-0.3, -0.25) is 0 Å². The molecule has 0 unspecified atom stereocenters. The van der Waals surface area contributed by atoms with Crippen LogP contribution in [0.4, 0.5) is 0 Å². The first-order chi connectivity index (χ1) is 9.24. The number of aromatic amines is 1. The second-order valence-corrected chi connectivity index (χ2v) is 5.30. The standard InChI is InChI=1S/C15H8Cl2N2/c16-8-5-6-10-12(7-8)19-15-13(14(10)17)9-3-1-2-4-11(9)18-15/h1-7H,(H,18,19). The van der Waals surface area contributed by atoms with Gasteiger partial charge in [-0.1, -0.05) is 41.4 Å². The maximum absolute atomic E-state index is 6.54. The summed E-state index contributed by atoms with van der Waals surface area (Å²) in [6.45, 7) is 0. The molecule has 0 aliphatic carbocycles. The average molecular weight is 287 g/mol. The molecule has 0 saturated carbocycles. The van der Waals surface area contributed by atoms with Crippen LogP contribution in [0, 0.1) is 0 Å². The number of hydrogen-bond donors (Lipinski definition) is 1. The average Bonchev–Trinajstić information content (AvgIpc) is 2.76. The Morgan fingerprint density at radius 1 is 0.947 bits per heavy atom. The summed E-state index contributed by atoms with van der Waals surface area (Å²) in [5, 5.41) is 3.41. The highest BCUT2D eigenvalue weighted by atomic mass is 35.5. The molecule has 2 aliphatic rings. The Morgan fingerprint density at radius 2 is 1.79 bits per heavy atom. The third kappa shape index (κ3) is 1.54. The summed E-state index contributed by atoms with van der Waals surface area (Å²) in [6.07, 6.45) is 0. The first kappa shape index (κ1) is 11.1. The fourth-order valence-corrected chi connectivity index (χ4v) is 3.00. The van der Waals surface area contributed by atoms with E-state index in [-0.39, 0.29) is 0 Å². The first-order valence-corrected chi connectivity index (χ1v) is 6.65. The van der Waals surface area contributed by atoms with E-state index in [0.717, 1.165) is 33.2 Å². The van der Waals surface area contributed by atoms with Crippen LogP contribution in [0.3, 0.4) is 0 Å². The quantitative estimate of drug-likeness (QED) is 0.477. The van der Waals surface area contributed by atoms with Crippen LogP contribution >= 0.6 is 23.2 Å². The van der Waals surface area contributed by atoms with Crippen molar-refractivity contribution in [1.29, 1.82) is 0 Å². The molecule has 0 saturated heterocycles. The third-order valence-corrected chi connectivity index (χ3v) is 3.96. The highest BCUT2D eigenvalue weighted by Crippen LogP contribution is 2.40. The molecule has 0 fully saturated rings. The fourth-order valence-electron chi connectivity index (χ4n) is 2.47. The van der Waals surface area contributed by atoms with Gasteiger partial charge in [-0.2, -0.15) is 0 Å². The van der Waals surface area contributed by atoms with Gasteiger partial charge in [0.05, 0.1) is 10.5 Å². The molecule has 19 heavy (non-hydrogen) atoms. The maximum atomic E-state index is 6.54. The van der Waals surface area contributed by atoms with Crippen LogP contribution in [0.1, 0.15) is 0 Å². The summed E-state index contributed by atoms with van der Waals surface area (Å²) in [5.74, 6) is 0.793. The lowest BCUT2D eigenvalue weighted by atomic mass is 10.1. The van der Waals surface area contributed by atoms with E-state index < -0.39 is 0 Å². The van der Waals surface area contributed by atoms with E-state index in [4.69, 9.17) is 23.2 Å². The van der Waals surface area contributed by atoms with Crippen molar-refractivity contribution >= 4 is 45.0 Å². The molecule has 0 radical (unpaired) electrons. The number of rotatable bonds is 0. The smallest absolute Gasteiger partial charge is 0.140 e. The number of benzene rings is 2. The van der Waals surface area contributed by atoms with Crippen LogP contribution in [0.25, 0.3) is 33.2 Å². The van der Waals surface area contributed by atoms with E-state index in [1.54, 1.807) is 0 Å². The molecule has 0 aromatic heterocycles. The van der Waals surface area contributed by atoms with Crippen LogP contribution in [-0.2, 0) is 0 Å². The molecule has 4 heteroatoms. The van der Waals surface area contributed by atoms with Gasteiger partial charge in [-0.05, 0) is 24.3 Å². The zero-order valence-corrected chi connectivity index (χ0v) is 11.3. The van der Waals surface area contributed by atoms with Crippen LogP contribution in [0.5, 0.6) is 0 Å². The van der Waals surface area contributed by atoms with Crippen molar-refractivity contribution in [2.45, 2.75) is 0 Å². The zero-order valence-electron chi connectivity index (χ0n) is 9.74. The molecule has 0 bridgehead atoms. The van der Waals surface area contributed by atoms with E-state index in [9.17, 15) is 0 Å². The van der Waals surface area contributed by atoms with Gasteiger partial charge in [0.1, 0.15) is 5.82 Å². The molecular formula is C15H8Cl2N2. The molecule has 92 valence electrons. The molecule has 2 aliphatic heterocycles. The van der Waals surface area contributed by atoms with E-state index >= 15 is 0 Å². The molecule has 2 aromatic carbocycles. The Labute approximate surface area is 119 Å². The van der Waals surface area contributed by atoms with Gasteiger partial charge in [0.2, 0.25) is 0 Å².